The summed E-state index contributed by atoms with van der Waals surface area (Å²) in [7, 11) is 0. The molecule has 0 spiro atoms. The number of hydrogen-bond donors (Lipinski definition) is 2. The summed E-state index contributed by atoms with van der Waals surface area (Å²) in [6, 6.07) is 11.2. The quantitative estimate of drug-likeness (QED) is 0.682. The molecule has 5 nitrogen and oxygen atoms in total. The number of anilines is 1. The van der Waals surface area contributed by atoms with Crippen LogP contribution in [0.4, 0.5) is 14.5 Å². The molecule has 0 radical (unpaired) electrons. The van der Waals surface area contributed by atoms with Crippen molar-refractivity contribution in [2.75, 3.05) is 5.32 Å². The van der Waals surface area contributed by atoms with Gasteiger partial charge >= 0.3 is 0 Å². The number of halogens is 2. The van der Waals surface area contributed by atoms with Crippen LogP contribution < -0.4 is 10.6 Å². The van der Waals surface area contributed by atoms with Crippen LogP contribution in [0.3, 0.4) is 0 Å². The van der Waals surface area contributed by atoms with Crippen LogP contribution in [-0.4, -0.2) is 23.1 Å². The van der Waals surface area contributed by atoms with Gasteiger partial charge in [0.2, 0.25) is 11.8 Å². The predicted molar refractivity (Wildman–Crippen MR) is 116 cm³/mol. The fourth-order valence-electron chi connectivity index (χ4n) is 4.77. The minimum Gasteiger partial charge on any atom is -0.342 e. The van der Waals surface area contributed by atoms with Gasteiger partial charge in [-0.05, 0) is 55.0 Å². The Labute approximate surface area is 185 Å². The topological polar surface area (TPSA) is 75.3 Å². The smallest absolute Gasteiger partial charge is 0.244 e. The van der Waals surface area contributed by atoms with Crippen molar-refractivity contribution in [3.8, 4) is 0 Å². The molecule has 2 aliphatic rings. The summed E-state index contributed by atoms with van der Waals surface area (Å²) in [4.78, 5) is 38.2. The van der Waals surface area contributed by atoms with Gasteiger partial charge in [-0.1, -0.05) is 43.5 Å². The Morgan fingerprint density at radius 1 is 1.06 bits per heavy atom. The molecule has 0 bridgehead atoms. The molecule has 2 N–H and O–H groups in total. The van der Waals surface area contributed by atoms with E-state index in [4.69, 9.17) is 0 Å². The molecule has 7 heteroatoms. The second-order valence-electron chi connectivity index (χ2n) is 8.95. The fraction of sp³-hybridized carbons (Fsp3) is 0.400. The molecular weight excluding hydrogens is 414 g/mol. The normalized spacial score (nSPS) is 23.8. The minimum absolute atomic E-state index is 0.0412. The molecule has 2 aromatic rings. The molecule has 1 saturated heterocycles. The maximum atomic E-state index is 14.1. The van der Waals surface area contributed by atoms with E-state index in [9.17, 15) is 23.2 Å². The van der Waals surface area contributed by atoms with Crippen LogP contribution >= 0.6 is 0 Å². The average Bonchev–Trinajstić information content (AvgIpc) is 3.00. The van der Waals surface area contributed by atoms with Crippen molar-refractivity contribution < 1.29 is 23.2 Å². The Kier molecular flexibility index (Phi) is 6.09. The number of carbonyl (C=O) groups is 3. The van der Waals surface area contributed by atoms with Gasteiger partial charge < -0.3 is 10.6 Å². The molecule has 0 aromatic heterocycles. The number of rotatable bonds is 5. The summed E-state index contributed by atoms with van der Waals surface area (Å²) in [5.41, 5.74) is 0.181. The average molecular weight is 440 g/mol. The molecule has 2 fully saturated rings. The van der Waals surface area contributed by atoms with Crippen molar-refractivity contribution in [3.05, 3.63) is 65.2 Å². The molecule has 1 aliphatic carbocycles. The highest BCUT2D eigenvalue weighted by Crippen LogP contribution is 2.33. The fourth-order valence-corrected chi connectivity index (χ4v) is 4.77. The lowest BCUT2D eigenvalue weighted by molar-refractivity contribution is -0.135. The first kappa shape index (κ1) is 22.1. The van der Waals surface area contributed by atoms with Crippen LogP contribution in [0.5, 0.6) is 0 Å². The van der Waals surface area contributed by atoms with Gasteiger partial charge in [0.05, 0.1) is 0 Å². The number of Topliss-reactive ketones (excluding diaryl/α,β-unsaturated/α-hetero) is 1. The summed E-state index contributed by atoms with van der Waals surface area (Å²) < 4.78 is 27.6. The van der Waals surface area contributed by atoms with Crippen LogP contribution in [0.15, 0.2) is 42.5 Å². The number of amides is 2. The summed E-state index contributed by atoms with van der Waals surface area (Å²) in [5, 5.41) is 5.15. The minimum atomic E-state index is -1.55. The van der Waals surface area contributed by atoms with E-state index in [1.807, 2.05) is 12.1 Å². The first-order valence-electron chi connectivity index (χ1n) is 11.0. The van der Waals surface area contributed by atoms with Crippen LogP contribution in [0.2, 0.25) is 0 Å². The lowest BCUT2D eigenvalue weighted by atomic mass is 9.84. The largest absolute Gasteiger partial charge is 0.342 e. The van der Waals surface area contributed by atoms with E-state index in [1.54, 1.807) is 12.1 Å². The summed E-state index contributed by atoms with van der Waals surface area (Å²) in [6.45, 7) is 1.42. The third kappa shape index (κ3) is 4.29. The highest BCUT2D eigenvalue weighted by atomic mass is 19.2. The SMILES string of the molecule is CC1(Cc2cccc(F)c2F)NC(=O)C(C(=O)Nc2ccc(C3CCCCC3)cc2)C1=O. The zero-order valence-corrected chi connectivity index (χ0v) is 17.9. The van der Waals surface area contributed by atoms with Gasteiger partial charge in [0.1, 0.15) is 5.54 Å². The molecule has 1 heterocycles. The standard InChI is InChI=1S/C25H26F2N2O3/c1-25(14-17-8-5-9-19(26)21(17)27)22(30)20(24(32)29-25)23(31)28-18-12-10-16(11-13-18)15-6-3-2-4-7-15/h5,8-13,15,20H,2-4,6-7,14H2,1H3,(H,28,31)(H,29,32). The molecular formula is C25H26F2N2O3. The highest BCUT2D eigenvalue weighted by Gasteiger charge is 2.53. The van der Waals surface area contributed by atoms with Crippen molar-refractivity contribution in [1.29, 1.82) is 0 Å². The van der Waals surface area contributed by atoms with Gasteiger partial charge in [0.15, 0.2) is 23.3 Å². The monoisotopic (exact) mass is 440 g/mol. The molecule has 1 saturated carbocycles. The molecule has 1 aliphatic heterocycles. The first-order valence-corrected chi connectivity index (χ1v) is 11.0. The number of benzene rings is 2. The zero-order chi connectivity index (χ0) is 22.9. The van der Waals surface area contributed by atoms with E-state index in [-0.39, 0.29) is 12.0 Å². The van der Waals surface area contributed by atoms with E-state index in [0.29, 0.717) is 11.6 Å². The molecule has 168 valence electrons. The lowest BCUT2D eigenvalue weighted by Gasteiger charge is -2.23. The van der Waals surface area contributed by atoms with Crippen molar-refractivity contribution >= 4 is 23.3 Å². The molecule has 2 amide bonds. The first-order chi connectivity index (χ1) is 15.3. The lowest BCUT2D eigenvalue weighted by Crippen LogP contribution is -2.46. The predicted octanol–water partition coefficient (Wildman–Crippen LogP) is 4.27. The zero-order valence-electron chi connectivity index (χ0n) is 17.9. The molecule has 4 rings (SSSR count). The number of nitrogens with one attached hydrogen (secondary N) is 2. The Bertz CT molecular complexity index is 1050. The molecule has 2 unspecified atom stereocenters. The Hall–Kier alpha value is -3.09. The van der Waals surface area contributed by atoms with Crippen molar-refractivity contribution in [3.63, 3.8) is 0 Å². The second-order valence-corrected chi connectivity index (χ2v) is 8.95. The van der Waals surface area contributed by atoms with Crippen molar-refractivity contribution in [2.45, 2.75) is 56.9 Å². The van der Waals surface area contributed by atoms with Gasteiger partial charge in [-0.3, -0.25) is 14.4 Å². The third-order valence-electron chi connectivity index (χ3n) is 6.56. The van der Waals surface area contributed by atoms with Crippen LogP contribution in [0.25, 0.3) is 0 Å². The van der Waals surface area contributed by atoms with Crippen molar-refractivity contribution in [2.24, 2.45) is 5.92 Å². The summed E-state index contributed by atoms with van der Waals surface area (Å²) in [5.74, 6) is -5.26. The van der Waals surface area contributed by atoms with Crippen LogP contribution in [0, 0.1) is 17.6 Å². The van der Waals surface area contributed by atoms with E-state index >= 15 is 0 Å². The van der Waals surface area contributed by atoms with Gasteiger partial charge in [-0.25, -0.2) is 8.78 Å². The van der Waals surface area contributed by atoms with Gasteiger partial charge in [-0.15, -0.1) is 0 Å². The van der Waals surface area contributed by atoms with Gasteiger partial charge in [-0.2, -0.15) is 0 Å². The molecule has 2 aromatic carbocycles. The van der Waals surface area contributed by atoms with Gasteiger partial charge in [0, 0.05) is 12.1 Å². The summed E-state index contributed by atoms with van der Waals surface area (Å²) in [6.07, 6.45) is 5.79. The Morgan fingerprint density at radius 3 is 2.44 bits per heavy atom. The van der Waals surface area contributed by atoms with Crippen molar-refractivity contribution in [1.82, 2.24) is 5.32 Å². The van der Waals surface area contributed by atoms with Crippen LogP contribution in [-0.2, 0) is 20.8 Å². The highest BCUT2D eigenvalue weighted by molar-refractivity contribution is 6.27. The number of ketones is 1. The third-order valence-corrected chi connectivity index (χ3v) is 6.56. The second kappa shape index (κ2) is 8.81. The Morgan fingerprint density at radius 2 is 1.75 bits per heavy atom. The van der Waals surface area contributed by atoms with E-state index in [1.165, 1.54) is 43.9 Å². The molecule has 32 heavy (non-hydrogen) atoms. The van der Waals surface area contributed by atoms with E-state index in [0.717, 1.165) is 18.9 Å². The number of carbonyl (C=O) groups excluding carboxylic acids is 3. The van der Waals surface area contributed by atoms with Crippen LogP contribution in [0.1, 0.15) is 56.1 Å². The molecule has 2 atom stereocenters. The Balaban J connectivity index is 1.45. The van der Waals surface area contributed by atoms with Gasteiger partial charge in [0.25, 0.3) is 0 Å². The maximum Gasteiger partial charge on any atom is 0.244 e. The van der Waals surface area contributed by atoms with E-state index < -0.39 is 40.7 Å². The van der Waals surface area contributed by atoms with E-state index in [2.05, 4.69) is 10.6 Å². The summed E-state index contributed by atoms with van der Waals surface area (Å²) >= 11 is 0. The maximum absolute atomic E-state index is 14.1. The number of hydrogen-bond acceptors (Lipinski definition) is 3.